The third kappa shape index (κ3) is 4.69. The monoisotopic (exact) mass is 391 g/mol. The van der Waals surface area contributed by atoms with Gasteiger partial charge >= 0.3 is 0 Å². The molecule has 7 heteroatoms. The maximum Gasteiger partial charge on any atom is 0.263 e. The van der Waals surface area contributed by atoms with E-state index in [-0.39, 0.29) is 22.6 Å². The van der Waals surface area contributed by atoms with Gasteiger partial charge in [0.1, 0.15) is 11.9 Å². The number of hydrogen-bond donors (Lipinski definition) is 1. The van der Waals surface area contributed by atoms with Gasteiger partial charge in [0.2, 0.25) is 5.91 Å². The van der Waals surface area contributed by atoms with Crippen LogP contribution in [0, 0.1) is 11.8 Å². The first-order valence-electron chi connectivity index (χ1n) is 9.80. The van der Waals surface area contributed by atoms with E-state index in [0.717, 1.165) is 19.5 Å². The number of hydrogen-bond acceptors (Lipinski definition) is 4. The number of carbonyl (C=O) groups is 1. The number of rotatable bonds is 8. The van der Waals surface area contributed by atoms with Crippen LogP contribution in [0.1, 0.15) is 52.0 Å². The number of fused-ring (bicyclic) bond motifs is 1. The fourth-order valence-corrected chi connectivity index (χ4v) is 4.66. The first-order valence-corrected chi connectivity index (χ1v) is 11.3. The Balaban J connectivity index is 1.91. The molecular weight excluding hydrogens is 362 g/mol. The Bertz CT molecular complexity index is 829. The minimum Gasteiger partial charge on any atom is -0.341 e. The lowest BCUT2D eigenvalue weighted by molar-refractivity contribution is -0.133. The number of benzene rings is 1. The van der Waals surface area contributed by atoms with Gasteiger partial charge in [-0.05, 0) is 49.7 Å². The molecular formula is C20H29N3O3S. The Morgan fingerprint density at radius 1 is 1.30 bits per heavy atom. The summed E-state index contributed by atoms with van der Waals surface area (Å²) in [5.74, 6) is 1.18. The van der Waals surface area contributed by atoms with E-state index in [1.165, 1.54) is 12.8 Å². The molecule has 1 aromatic carbocycles. The Hall–Kier alpha value is -1.89. The van der Waals surface area contributed by atoms with Crippen LogP contribution in [0.4, 0.5) is 0 Å². The van der Waals surface area contributed by atoms with Gasteiger partial charge in [-0.2, -0.15) is 0 Å². The van der Waals surface area contributed by atoms with Gasteiger partial charge in [-0.3, -0.25) is 14.5 Å². The van der Waals surface area contributed by atoms with Crippen molar-refractivity contribution in [3.8, 4) is 0 Å². The highest BCUT2D eigenvalue weighted by atomic mass is 32.2. The zero-order chi connectivity index (χ0) is 19.6. The highest BCUT2D eigenvalue weighted by Crippen LogP contribution is 2.30. The van der Waals surface area contributed by atoms with Crippen LogP contribution >= 0.6 is 0 Å². The second-order valence-electron chi connectivity index (χ2n) is 7.95. The summed E-state index contributed by atoms with van der Waals surface area (Å²) in [7, 11) is -3.60. The van der Waals surface area contributed by atoms with Crippen LogP contribution in [-0.4, -0.2) is 44.2 Å². The van der Waals surface area contributed by atoms with Crippen molar-refractivity contribution < 1.29 is 13.2 Å². The lowest BCUT2D eigenvalue weighted by Gasteiger charge is -2.26. The quantitative estimate of drug-likeness (QED) is 0.740. The molecule has 148 valence electrons. The maximum atomic E-state index is 13.2. The number of nitrogens with one attached hydrogen (secondary N) is 1. The second kappa shape index (κ2) is 8.00. The van der Waals surface area contributed by atoms with Crippen LogP contribution in [0.25, 0.3) is 0 Å². The molecule has 1 aliphatic heterocycles. The molecule has 1 heterocycles. The van der Waals surface area contributed by atoms with E-state index in [0.29, 0.717) is 17.9 Å². The smallest absolute Gasteiger partial charge is 0.263 e. The standard InChI is InChI=1S/C20H29N3O3S/c1-4-11-23(13-15-9-10-15)20(24)17(12-14(2)3)21-19-16-7-5-6-8-18(16)27(25,26)22-19/h5-8,14-15,17H,4,9-13H2,1-3H3,(H,21,22). The summed E-state index contributed by atoms with van der Waals surface area (Å²) >= 11 is 0. The van der Waals surface area contributed by atoms with Crippen LogP contribution in [0.3, 0.4) is 0 Å². The molecule has 1 atom stereocenters. The summed E-state index contributed by atoms with van der Waals surface area (Å²) in [6.45, 7) is 7.68. The molecule has 0 aromatic heterocycles. The number of carbonyl (C=O) groups excluding carboxylic acids is 1. The van der Waals surface area contributed by atoms with Gasteiger partial charge in [-0.15, -0.1) is 0 Å². The number of nitrogens with zero attached hydrogens (tertiary/aromatic N) is 2. The van der Waals surface area contributed by atoms with Crippen molar-refractivity contribution in [2.45, 2.75) is 57.4 Å². The summed E-state index contributed by atoms with van der Waals surface area (Å²) in [5, 5.41) is 0. The van der Waals surface area contributed by atoms with E-state index in [9.17, 15) is 13.2 Å². The predicted molar refractivity (Wildman–Crippen MR) is 106 cm³/mol. The van der Waals surface area contributed by atoms with Crippen molar-refractivity contribution in [3.05, 3.63) is 29.8 Å². The van der Waals surface area contributed by atoms with E-state index in [1.807, 2.05) is 4.90 Å². The van der Waals surface area contributed by atoms with E-state index in [4.69, 9.17) is 0 Å². The highest BCUT2D eigenvalue weighted by molar-refractivity contribution is 7.90. The van der Waals surface area contributed by atoms with Gasteiger partial charge in [0, 0.05) is 18.7 Å². The molecule has 6 nitrogen and oxygen atoms in total. The van der Waals surface area contributed by atoms with Gasteiger partial charge in [-0.25, -0.2) is 8.42 Å². The molecule has 1 unspecified atom stereocenters. The Morgan fingerprint density at radius 3 is 2.63 bits per heavy atom. The summed E-state index contributed by atoms with van der Waals surface area (Å²) < 4.78 is 27.2. The molecule has 0 spiro atoms. The van der Waals surface area contributed by atoms with E-state index in [2.05, 4.69) is 30.5 Å². The molecule has 27 heavy (non-hydrogen) atoms. The third-order valence-corrected chi connectivity index (χ3v) is 6.31. The summed E-state index contributed by atoms with van der Waals surface area (Å²) in [6.07, 6.45) is 3.87. The number of amides is 1. The lowest BCUT2D eigenvalue weighted by atomic mass is 10.0. The van der Waals surface area contributed by atoms with Gasteiger partial charge < -0.3 is 4.90 Å². The van der Waals surface area contributed by atoms with Crippen molar-refractivity contribution in [1.29, 1.82) is 0 Å². The normalized spacial score (nSPS) is 20.4. The first kappa shape index (κ1) is 19.9. The molecule has 3 rings (SSSR count). The van der Waals surface area contributed by atoms with E-state index >= 15 is 0 Å². The Morgan fingerprint density at radius 2 is 2.00 bits per heavy atom. The van der Waals surface area contributed by atoms with Gasteiger partial charge in [-0.1, -0.05) is 32.9 Å². The molecule has 0 saturated heterocycles. The molecule has 0 radical (unpaired) electrons. The number of sulfonamides is 1. The van der Waals surface area contributed by atoms with E-state index in [1.54, 1.807) is 24.3 Å². The maximum absolute atomic E-state index is 13.2. The molecule has 2 aliphatic rings. The zero-order valence-corrected chi connectivity index (χ0v) is 17.1. The molecule has 1 amide bonds. The molecule has 1 fully saturated rings. The van der Waals surface area contributed by atoms with Crippen molar-refractivity contribution in [2.24, 2.45) is 16.8 Å². The van der Waals surface area contributed by atoms with Crippen LogP contribution in [0.5, 0.6) is 0 Å². The van der Waals surface area contributed by atoms with Gasteiger partial charge in [0.25, 0.3) is 10.0 Å². The lowest BCUT2D eigenvalue weighted by Crippen LogP contribution is -2.41. The summed E-state index contributed by atoms with van der Waals surface area (Å²) in [4.78, 5) is 20.0. The average Bonchev–Trinajstić information content (AvgIpc) is 3.39. The Labute approximate surface area is 162 Å². The first-order chi connectivity index (χ1) is 12.8. The van der Waals surface area contributed by atoms with Gasteiger partial charge in [0.05, 0.1) is 4.90 Å². The molecule has 1 aliphatic carbocycles. The van der Waals surface area contributed by atoms with Crippen LogP contribution in [0.15, 0.2) is 34.2 Å². The van der Waals surface area contributed by atoms with Crippen LogP contribution in [0.2, 0.25) is 0 Å². The molecule has 0 bridgehead atoms. The van der Waals surface area contributed by atoms with Gasteiger partial charge in [0.15, 0.2) is 0 Å². The second-order valence-corrected chi connectivity index (χ2v) is 9.60. The Kier molecular flexibility index (Phi) is 5.89. The topological polar surface area (TPSA) is 78.8 Å². The van der Waals surface area contributed by atoms with Crippen LogP contribution in [-0.2, 0) is 14.8 Å². The SMILES string of the molecule is CCCN(CC1CC1)C(=O)C(CC(C)C)N=C1NS(=O)(=O)c2ccccc21. The molecule has 1 N–H and O–H groups in total. The predicted octanol–water partition coefficient (Wildman–Crippen LogP) is 2.79. The van der Waals surface area contributed by atoms with Crippen molar-refractivity contribution >= 4 is 21.8 Å². The highest BCUT2D eigenvalue weighted by Gasteiger charge is 2.34. The largest absolute Gasteiger partial charge is 0.341 e. The van der Waals surface area contributed by atoms with Crippen LogP contribution < -0.4 is 4.72 Å². The van der Waals surface area contributed by atoms with E-state index < -0.39 is 16.1 Å². The number of aliphatic imine (C=N–C) groups is 1. The minimum atomic E-state index is -3.60. The molecule has 1 aromatic rings. The van der Waals surface area contributed by atoms with Crippen molar-refractivity contribution in [2.75, 3.05) is 13.1 Å². The zero-order valence-electron chi connectivity index (χ0n) is 16.3. The summed E-state index contributed by atoms with van der Waals surface area (Å²) in [6, 6.07) is 6.20. The number of amidine groups is 1. The van der Waals surface area contributed by atoms with Crippen molar-refractivity contribution in [1.82, 2.24) is 9.62 Å². The average molecular weight is 392 g/mol. The van der Waals surface area contributed by atoms with Crippen molar-refractivity contribution in [3.63, 3.8) is 0 Å². The minimum absolute atomic E-state index is 0.00790. The summed E-state index contributed by atoms with van der Waals surface area (Å²) in [5.41, 5.74) is 0.545. The molecule has 1 saturated carbocycles. The fourth-order valence-electron chi connectivity index (χ4n) is 3.43. The third-order valence-electron chi connectivity index (χ3n) is 4.91. The fraction of sp³-hybridized carbons (Fsp3) is 0.600.